The van der Waals surface area contributed by atoms with Gasteiger partial charge in [0, 0.05) is 25.2 Å². The number of nitrogens with zero attached hydrogens (tertiary/aromatic N) is 1. The fourth-order valence-electron chi connectivity index (χ4n) is 3.91. The van der Waals surface area contributed by atoms with E-state index in [4.69, 9.17) is 0 Å². The van der Waals surface area contributed by atoms with Crippen LogP contribution in [0.2, 0.25) is 0 Å². The summed E-state index contributed by atoms with van der Waals surface area (Å²) in [6, 6.07) is 5.12. The third-order valence-corrected chi connectivity index (χ3v) is 6.62. The number of carbonyl (C=O) groups excluding carboxylic acids is 1. The second-order valence-corrected chi connectivity index (χ2v) is 8.90. The Kier molecular flexibility index (Phi) is 7.07. The summed E-state index contributed by atoms with van der Waals surface area (Å²) in [6.07, 6.45) is 3.86. The molecule has 2 atom stereocenters. The zero-order valence-corrected chi connectivity index (χ0v) is 17.0. The summed E-state index contributed by atoms with van der Waals surface area (Å²) in [6.45, 7) is 6.01. The minimum Gasteiger partial charge on any atom is -0.316 e. The van der Waals surface area contributed by atoms with Gasteiger partial charge in [-0.15, -0.1) is 12.4 Å². The van der Waals surface area contributed by atoms with E-state index in [-0.39, 0.29) is 29.3 Å². The van der Waals surface area contributed by atoms with Gasteiger partial charge in [-0.1, -0.05) is 0 Å². The van der Waals surface area contributed by atoms with Gasteiger partial charge in [-0.2, -0.15) is 0 Å². The lowest BCUT2D eigenvalue weighted by molar-refractivity contribution is -0.116. The number of rotatable bonds is 5. The average molecular weight is 402 g/mol. The van der Waals surface area contributed by atoms with Crippen LogP contribution in [0.25, 0.3) is 0 Å². The van der Waals surface area contributed by atoms with E-state index in [0.717, 1.165) is 43.6 Å². The number of amides is 1. The van der Waals surface area contributed by atoms with E-state index in [1.54, 1.807) is 23.1 Å². The number of hydrogen-bond donors (Lipinski definition) is 2. The van der Waals surface area contributed by atoms with Gasteiger partial charge in [-0.3, -0.25) is 4.79 Å². The largest absolute Gasteiger partial charge is 0.316 e. The summed E-state index contributed by atoms with van der Waals surface area (Å²) in [5, 5.41) is 3.35. The van der Waals surface area contributed by atoms with Gasteiger partial charge >= 0.3 is 0 Å². The molecule has 0 saturated carbocycles. The van der Waals surface area contributed by atoms with E-state index in [0.29, 0.717) is 18.9 Å². The first kappa shape index (κ1) is 21.2. The maximum Gasteiger partial charge on any atom is 0.240 e. The molecule has 1 saturated heterocycles. The first-order valence-corrected chi connectivity index (χ1v) is 10.5. The highest BCUT2D eigenvalue weighted by Crippen LogP contribution is 2.33. The van der Waals surface area contributed by atoms with Crippen molar-refractivity contribution in [3.8, 4) is 0 Å². The lowest BCUT2D eigenvalue weighted by atomic mass is 9.96. The lowest BCUT2D eigenvalue weighted by Gasteiger charge is -2.22. The Balaban J connectivity index is 0.00000243. The molecule has 0 aromatic heterocycles. The Morgan fingerprint density at radius 2 is 2.15 bits per heavy atom. The highest BCUT2D eigenvalue weighted by molar-refractivity contribution is 7.89. The van der Waals surface area contributed by atoms with Crippen LogP contribution in [0.3, 0.4) is 0 Å². The van der Waals surface area contributed by atoms with Gasteiger partial charge in [0.05, 0.1) is 4.90 Å². The minimum absolute atomic E-state index is 0. The molecule has 3 rings (SSSR count). The van der Waals surface area contributed by atoms with E-state index < -0.39 is 10.0 Å². The van der Waals surface area contributed by atoms with Crippen molar-refractivity contribution in [2.45, 2.75) is 50.5 Å². The summed E-state index contributed by atoms with van der Waals surface area (Å²) in [7, 11) is -3.51. The molecule has 146 valence electrons. The molecule has 2 heterocycles. The van der Waals surface area contributed by atoms with Crippen LogP contribution in [-0.4, -0.2) is 40.0 Å². The number of piperidine rings is 1. The number of hydrogen-bond acceptors (Lipinski definition) is 4. The van der Waals surface area contributed by atoms with Gasteiger partial charge < -0.3 is 10.2 Å². The molecule has 26 heavy (non-hydrogen) atoms. The fourth-order valence-corrected chi connectivity index (χ4v) is 5.00. The van der Waals surface area contributed by atoms with E-state index in [1.807, 2.05) is 6.92 Å². The Hall–Kier alpha value is -1.15. The van der Waals surface area contributed by atoms with Crippen LogP contribution in [0.4, 0.5) is 5.69 Å². The van der Waals surface area contributed by atoms with Gasteiger partial charge in [0.15, 0.2) is 0 Å². The molecule has 0 radical (unpaired) electrons. The topological polar surface area (TPSA) is 78.5 Å². The predicted molar refractivity (Wildman–Crippen MR) is 105 cm³/mol. The first-order valence-electron chi connectivity index (χ1n) is 9.01. The molecular weight excluding hydrogens is 374 g/mol. The number of benzene rings is 1. The zero-order valence-electron chi connectivity index (χ0n) is 15.3. The summed E-state index contributed by atoms with van der Waals surface area (Å²) < 4.78 is 27.8. The molecule has 1 aromatic rings. The number of fused-ring (bicyclic) bond motifs is 1. The lowest BCUT2D eigenvalue weighted by Crippen LogP contribution is -2.33. The van der Waals surface area contributed by atoms with Crippen molar-refractivity contribution < 1.29 is 13.2 Å². The molecule has 1 aromatic carbocycles. The van der Waals surface area contributed by atoms with Crippen LogP contribution in [0.15, 0.2) is 23.1 Å². The Morgan fingerprint density at radius 1 is 1.38 bits per heavy atom. The zero-order chi connectivity index (χ0) is 18.0. The molecule has 6 nitrogen and oxygen atoms in total. The van der Waals surface area contributed by atoms with E-state index in [2.05, 4.69) is 10.0 Å². The predicted octanol–water partition coefficient (Wildman–Crippen LogP) is 2.07. The number of carbonyl (C=O) groups is 1. The normalized spacial score (nSPS) is 22.6. The maximum atomic E-state index is 12.6. The minimum atomic E-state index is -3.51. The quantitative estimate of drug-likeness (QED) is 0.791. The summed E-state index contributed by atoms with van der Waals surface area (Å²) in [4.78, 5) is 13.8. The molecule has 0 bridgehead atoms. The van der Waals surface area contributed by atoms with Crippen molar-refractivity contribution in [3.63, 3.8) is 0 Å². The van der Waals surface area contributed by atoms with Gasteiger partial charge in [0.2, 0.25) is 15.9 Å². The monoisotopic (exact) mass is 401 g/mol. The van der Waals surface area contributed by atoms with Crippen LogP contribution < -0.4 is 14.9 Å². The summed E-state index contributed by atoms with van der Waals surface area (Å²) in [5.74, 6) is 0.530. The molecule has 2 aliphatic heterocycles. The molecular formula is C18H28ClN3O3S. The number of sulfonamides is 1. The van der Waals surface area contributed by atoms with Crippen molar-refractivity contribution >= 4 is 34.0 Å². The van der Waals surface area contributed by atoms with Crippen LogP contribution >= 0.6 is 12.4 Å². The van der Waals surface area contributed by atoms with Crippen molar-refractivity contribution in [1.29, 1.82) is 0 Å². The summed E-state index contributed by atoms with van der Waals surface area (Å²) >= 11 is 0. The second kappa shape index (κ2) is 8.69. The average Bonchev–Trinajstić information content (AvgIpc) is 2.90. The van der Waals surface area contributed by atoms with Crippen molar-refractivity contribution in [2.75, 3.05) is 24.5 Å². The molecule has 1 fully saturated rings. The van der Waals surface area contributed by atoms with Crippen LogP contribution in [0.1, 0.15) is 38.7 Å². The van der Waals surface area contributed by atoms with Crippen LogP contribution in [0.5, 0.6) is 0 Å². The molecule has 2 N–H and O–H groups in total. The standard InChI is InChI=1S/C18H27N3O3S.ClH/c1-13-10-16-11-17(5-6-18(16)21(13)14(2)22)25(23,24)20-9-7-15-4-3-8-19-12-15;/h5-6,11,13,15,19-20H,3-4,7-10,12H2,1-2H3;1H. The van der Waals surface area contributed by atoms with Crippen molar-refractivity contribution in [2.24, 2.45) is 5.92 Å². The van der Waals surface area contributed by atoms with Crippen molar-refractivity contribution in [3.05, 3.63) is 23.8 Å². The molecule has 8 heteroatoms. The third-order valence-electron chi connectivity index (χ3n) is 5.16. The van der Waals surface area contributed by atoms with Gasteiger partial charge in [-0.05, 0) is 75.4 Å². The molecule has 0 spiro atoms. The Morgan fingerprint density at radius 3 is 2.81 bits per heavy atom. The van der Waals surface area contributed by atoms with Crippen molar-refractivity contribution in [1.82, 2.24) is 10.0 Å². The maximum absolute atomic E-state index is 12.6. The number of nitrogens with one attached hydrogen (secondary N) is 2. The van der Waals surface area contributed by atoms with Gasteiger partial charge in [0.25, 0.3) is 0 Å². The van der Waals surface area contributed by atoms with E-state index in [1.165, 1.54) is 6.92 Å². The van der Waals surface area contributed by atoms with E-state index in [9.17, 15) is 13.2 Å². The molecule has 1 amide bonds. The Labute approximate surface area is 162 Å². The third kappa shape index (κ3) is 4.57. The highest BCUT2D eigenvalue weighted by atomic mass is 35.5. The Bertz CT molecular complexity index is 748. The molecule has 0 aliphatic carbocycles. The number of anilines is 1. The number of halogens is 1. The van der Waals surface area contributed by atoms with Crippen LogP contribution in [0, 0.1) is 5.92 Å². The SMILES string of the molecule is CC(=O)N1c2ccc(S(=O)(=O)NCCC3CCCNC3)cc2CC1C.Cl. The molecule has 2 aliphatic rings. The van der Waals surface area contributed by atoms with Gasteiger partial charge in [-0.25, -0.2) is 13.1 Å². The fraction of sp³-hybridized carbons (Fsp3) is 0.611. The molecule has 2 unspecified atom stereocenters. The van der Waals surface area contributed by atoms with Crippen LogP contribution in [-0.2, 0) is 21.2 Å². The second-order valence-electron chi connectivity index (χ2n) is 7.13. The van der Waals surface area contributed by atoms with E-state index >= 15 is 0 Å². The first-order chi connectivity index (χ1) is 11.9. The smallest absolute Gasteiger partial charge is 0.240 e. The highest BCUT2D eigenvalue weighted by Gasteiger charge is 2.30. The summed E-state index contributed by atoms with van der Waals surface area (Å²) in [5.41, 5.74) is 1.74. The van der Waals surface area contributed by atoms with Gasteiger partial charge in [0.1, 0.15) is 0 Å².